The summed E-state index contributed by atoms with van der Waals surface area (Å²) in [6.45, 7) is 3.85. The van der Waals surface area contributed by atoms with Crippen molar-refractivity contribution in [2.24, 2.45) is 0 Å². The molecule has 4 nitrogen and oxygen atoms in total. The van der Waals surface area contributed by atoms with Crippen LogP contribution in [0.15, 0.2) is 27.4 Å². The molecule has 0 saturated carbocycles. The fourth-order valence-corrected chi connectivity index (χ4v) is 1.88. The van der Waals surface area contributed by atoms with E-state index in [1.807, 2.05) is 19.9 Å². The molecular formula is C12H10N2O2. The molecule has 0 N–H and O–H groups in total. The van der Waals surface area contributed by atoms with Crippen LogP contribution in [0.4, 0.5) is 0 Å². The predicted octanol–water partition coefficient (Wildman–Crippen LogP) is 2.06. The van der Waals surface area contributed by atoms with Crippen LogP contribution < -0.4 is 5.63 Å². The van der Waals surface area contributed by atoms with Crippen molar-refractivity contribution in [1.82, 2.24) is 0 Å². The number of hydrogen-bond acceptors (Lipinski definition) is 2. The molecular weight excluding hydrogens is 204 g/mol. The molecule has 80 valence electrons. The van der Waals surface area contributed by atoms with Gasteiger partial charge < -0.3 is 9.95 Å². The van der Waals surface area contributed by atoms with Gasteiger partial charge in [0.15, 0.2) is 0 Å². The van der Waals surface area contributed by atoms with Crippen LogP contribution in [-0.2, 0) is 0 Å². The molecule has 0 unspecified atom stereocenters. The molecule has 1 aromatic heterocycles. The molecule has 0 aliphatic heterocycles. The summed E-state index contributed by atoms with van der Waals surface area (Å²) in [7, 11) is 0. The first kappa shape index (κ1) is 10.3. The first-order valence-electron chi connectivity index (χ1n) is 4.84. The van der Waals surface area contributed by atoms with Gasteiger partial charge in [0.25, 0.3) is 6.21 Å². The van der Waals surface area contributed by atoms with E-state index in [-0.39, 0.29) is 0 Å². The smallest absolute Gasteiger partial charge is 0.337 e. The molecule has 1 heterocycles. The van der Waals surface area contributed by atoms with Gasteiger partial charge in [-0.05, 0) is 31.0 Å². The summed E-state index contributed by atoms with van der Waals surface area (Å²) in [6, 6.07) is 5.08. The van der Waals surface area contributed by atoms with E-state index in [1.54, 1.807) is 6.07 Å². The van der Waals surface area contributed by atoms with Gasteiger partial charge in [0.05, 0.1) is 5.56 Å². The van der Waals surface area contributed by atoms with Gasteiger partial charge >= 0.3 is 5.63 Å². The standard InChI is InChI=1S/C12H10N2O2/c1-7-3-8(2)12-9(6-14-13)5-11(15)16-10(12)4-7/h3-6H,1-2H3. The van der Waals surface area contributed by atoms with Crippen molar-refractivity contribution in [2.75, 3.05) is 0 Å². The van der Waals surface area contributed by atoms with Gasteiger partial charge in [-0.3, -0.25) is 0 Å². The number of nitrogens with zero attached hydrogens (tertiary/aromatic N) is 2. The molecule has 0 saturated heterocycles. The molecule has 0 aliphatic carbocycles. The Balaban J connectivity index is 3.00. The Hall–Kier alpha value is -2.19. The highest BCUT2D eigenvalue weighted by Crippen LogP contribution is 2.21. The Morgan fingerprint density at radius 2 is 2.06 bits per heavy atom. The quantitative estimate of drug-likeness (QED) is 0.315. The van der Waals surface area contributed by atoms with Crippen molar-refractivity contribution in [3.05, 3.63) is 50.8 Å². The largest absolute Gasteiger partial charge is 0.423 e. The van der Waals surface area contributed by atoms with E-state index in [4.69, 9.17) is 9.95 Å². The van der Waals surface area contributed by atoms with Crippen LogP contribution in [0.2, 0.25) is 0 Å². The zero-order valence-corrected chi connectivity index (χ0v) is 9.02. The highest BCUT2D eigenvalue weighted by molar-refractivity contribution is 5.97. The molecule has 1 aromatic carbocycles. The van der Waals surface area contributed by atoms with Gasteiger partial charge in [-0.1, -0.05) is 6.07 Å². The maximum Gasteiger partial charge on any atom is 0.337 e. The number of rotatable bonds is 1. The topological polar surface area (TPSA) is 66.6 Å². The Bertz CT molecular complexity index is 665. The molecule has 0 atom stereocenters. The fraction of sp³-hybridized carbons (Fsp3) is 0.167. The van der Waals surface area contributed by atoms with Crippen LogP contribution in [0.3, 0.4) is 0 Å². The molecule has 0 amide bonds. The summed E-state index contributed by atoms with van der Waals surface area (Å²) in [5, 5.41) is 0.794. The normalized spacial score (nSPS) is 10.1. The minimum Gasteiger partial charge on any atom is -0.423 e. The zero-order chi connectivity index (χ0) is 11.7. The highest BCUT2D eigenvalue weighted by atomic mass is 16.4. The van der Waals surface area contributed by atoms with Crippen molar-refractivity contribution in [3.8, 4) is 0 Å². The molecule has 0 fully saturated rings. The zero-order valence-electron chi connectivity index (χ0n) is 9.02. The lowest BCUT2D eigenvalue weighted by Gasteiger charge is -2.03. The van der Waals surface area contributed by atoms with Gasteiger partial charge in [-0.25, -0.2) is 4.79 Å². The molecule has 2 rings (SSSR count). The average molecular weight is 214 g/mol. The van der Waals surface area contributed by atoms with E-state index >= 15 is 0 Å². The van der Waals surface area contributed by atoms with Crippen LogP contribution in [0, 0.1) is 13.8 Å². The Morgan fingerprint density at radius 3 is 2.75 bits per heavy atom. The maximum atomic E-state index is 11.3. The summed E-state index contributed by atoms with van der Waals surface area (Å²) in [4.78, 5) is 14.2. The maximum absolute atomic E-state index is 11.3. The monoisotopic (exact) mass is 214 g/mol. The van der Waals surface area contributed by atoms with Crippen LogP contribution in [0.25, 0.3) is 16.5 Å². The van der Waals surface area contributed by atoms with Crippen LogP contribution in [0.5, 0.6) is 0 Å². The summed E-state index contributed by atoms with van der Waals surface area (Å²) in [5.41, 5.74) is 11.2. The SMILES string of the molecule is Cc1cc(C)c2c(C=[N+]=[N-])cc(=O)oc2c1. The third-order valence-corrected chi connectivity index (χ3v) is 2.41. The predicted molar refractivity (Wildman–Crippen MR) is 60.7 cm³/mol. The minimum atomic E-state index is -0.451. The number of hydrogen-bond donors (Lipinski definition) is 0. The Kier molecular flexibility index (Phi) is 2.43. The second-order valence-electron chi connectivity index (χ2n) is 3.72. The summed E-state index contributed by atoms with van der Waals surface area (Å²) >= 11 is 0. The second-order valence-corrected chi connectivity index (χ2v) is 3.72. The van der Waals surface area contributed by atoms with E-state index in [2.05, 4.69) is 4.79 Å². The van der Waals surface area contributed by atoms with Crippen molar-refractivity contribution in [3.63, 3.8) is 0 Å². The van der Waals surface area contributed by atoms with Gasteiger partial charge in [0, 0.05) is 11.5 Å². The van der Waals surface area contributed by atoms with E-state index in [1.165, 1.54) is 12.3 Å². The first-order chi connectivity index (χ1) is 7.61. The third kappa shape index (κ3) is 1.66. The number of benzene rings is 1. The first-order valence-corrected chi connectivity index (χ1v) is 4.84. The van der Waals surface area contributed by atoms with Crippen LogP contribution >= 0.6 is 0 Å². The summed E-state index contributed by atoms with van der Waals surface area (Å²) < 4.78 is 5.11. The molecule has 0 spiro atoms. The van der Waals surface area contributed by atoms with Crippen molar-refractivity contribution in [1.29, 1.82) is 0 Å². The summed E-state index contributed by atoms with van der Waals surface area (Å²) in [5.74, 6) is 0. The lowest BCUT2D eigenvalue weighted by molar-refractivity contribution is 0.00463. The van der Waals surface area contributed by atoms with Crippen LogP contribution in [0.1, 0.15) is 16.7 Å². The average Bonchev–Trinajstić information content (AvgIpc) is 2.15. The van der Waals surface area contributed by atoms with Gasteiger partial charge in [0.1, 0.15) is 5.58 Å². The van der Waals surface area contributed by atoms with E-state index in [9.17, 15) is 4.79 Å². The molecule has 0 radical (unpaired) electrons. The molecule has 2 aromatic rings. The van der Waals surface area contributed by atoms with E-state index in [0.717, 1.165) is 16.5 Å². The van der Waals surface area contributed by atoms with Crippen molar-refractivity contribution >= 4 is 17.2 Å². The fourth-order valence-electron chi connectivity index (χ4n) is 1.88. The van der Waals surface area contributed by atoms with Gasteiger partial charge in [-0.15, -0.1) is 0 Å². The third-order valence-electron chi connectivity index (χ3n) is 2.41. The minimum absolute atomic E-state index is 0.451. The Labute approximate surface area is 91.8 Å². The molecule has 16 heavy (non-hydrogen) atoms. The van der Waals surface area contributed by atoms with Crippen LogP contribution in [-0.4, -0.2) is 11.0 Å². The van der Waals surface area contributed by atoms with Gasteiger partial charge in [0.2, 0.25) is 0 Å². The van der Waals surface area contributed by atoms with E-state index in [0.29, 0.717) is 11.1 Å². The van der Waals surface area contributed by atoms with Gasteiger partial charge in [-0.2, -0.15) is 4.79 Å². The molecule has 4 heteroatoms. The second kappa shape index (κ2) is 3.76. The summed E-state index contributed by atoms with van der Waals surface area (Å²) in [6.07, 6.45) is 1.24. The number of fused-ring (bicyclic) bond motifs is 1. The molecule has 0 bridgehead atoms. The van der Waals surface area contributed by atoms with Crippen molar-refractivity contribution in [2.45, 2.75) is 13.8 Å². The molecule has 0 aliphatic rings. The lowest BCUT2D eigenvalue weighted by atomic mass is 10.0. The Morgan fingerprint density at radius 1 is 1.31 bits per heavy atom. The lowest BCUT2D eigenvalue weighted by Crippen LogP contribution is -2.01. The number of aryl methyl sites for hydroxylation is 2. The van der Waals surface area contributed by atoms with Crippen molar-refractivity contribution < 1.29 is 9.21 Å². The van der Waals surface area contributed by atoms with E-state index < -0.39 is 5.63 Å². The highest BCUT2D eigenvalue weighted by Gasteiger charge is 2.09.